The molecule has 0 amide bonds. The van der Waals surface area contributed by atoms with E-state index in [0.717, 1.165) is 0 Å². The third-order valence-corrected chi connectivity index (χ3v) is 6.18. The molecule has 1 fully saturated rings. The molecule has 3 aromatic rings. The van der Waals surface area contributed by atoms with Crippen molar-refractivity contribution in [2.45, 2.75) is 37.6 Å². The summed E-state index contributed by atoms with van der Waals surface area (Å²) < 4.78 is 32.7. The molecule has 0 saturated carbocycles. The van der Waals surface area contributed by atoms with Crippen molar-refractivity contribution in [3.05, 3.63) is 46.3 Å². The first kappa shape index (κ1) is 26.2. The molecule has 2 aromatic carbocycles. The van der Waals surface area contributed by atoms with Crippen LogP contribution in [-0.2, 0) is 9.53 Å². The van der Waals surface area contributed by atoms with Crippen molar-refractivity contribution in [2.24, 2.45) is 0 Å². The van der Waals surface area contributed by atoms with Crippen LogP contribution in [0.1, 0.15) is 5.56 Å². The van der Waals surface area contributed by atoms with Crippen LogP contribution in [0, 0.1) is 6.92 Å². The molecule has 1 aliphatic rings. The summed E-state index contributed by atoms with van der Waals surface area (Å²) in [6.07, 6.45) is -8.00. The monoisotopic (exact) mass is 518 g/mol. The lowest BCUT2D eigenvalue weighted by molar-refractivity contribution is -0.270. The summed E-state index contributed by atoms with van der Waals surface area (Å²) in [4.78, 5) is 25.2. The van der Waals surface area contributed by atoms with Gasteiger partial charge >= 0.3 is 5.97 Å². The molecule has 0 aliphatic carbocycles. The van der Waals surface area contributed by atoms with Gasteiger partial charge in [0.2, 0.25) is 11.7 Å². The largest absolute Gasteiger partial charge is 0.496 e. The Kier molecular flexibility index (Phi) is 7.28. The summed E-state index contributed by atoms with van der Waals surface area (Å²) in [6.45, 7) is 1.66. The highest BCUT2D eigenvalue weighted by atomic mass is 16.7. The van der Waals surface area contributed by atoms with Gasteiger partial charge in [-0.1, -0.05) is 6.07 Å². The van der Waals surface area contributed by atoms with Crippen molar-refractivity contribution in [2.75, 3.05) is 21.3 Å². The first-order valence-corrected chi connectivity index (χ1v) is 11.1. The van der Waals surface area contributed by atoms with Crippen LogP contribution in [0.3, 0.4) is 0 Å². The van der Waals surface area contributed by atoms with E-state index in [0.29, 0.717) is 22.6 Å². The lowest BCUT2D eigenvalue weighted by Gasteiger charge is -2.38. The van der Waals surface area contributed by atoms with E-state index in [2.05, 4.69) is 0 Å². The molecule has 1 aliphatic heterocycles. The van der Waals surface area contributed by atoms with E-state index in [1.54, 1.807) is 25.1 Å². The topological polar surface area (TPSA) is 174 Å². The van der Waals surface area contributed by atoms with E-state index >= 15 is 0 Å². The van der Waals surface area contributed by atoms with Crippen molar-refractivity contribution < 1.29 is 53.3 Å². The fourth-order valence-electron chi connectivity index (χ4n) is 4.16. The minimum absolute atomic E-state index is 0.0473. The lowest BCUT2D eigenvalue weighted by atomic mass is 9.99. The normalized spacial score (nSPS) is 23.5. The zero-order chi connectivity index (χ0) is 27.0. The maximum absolute atomic E-state index is 13.7. The predicted molar refractivity (Wildman–Crippen MR) is 127 cm³/mol. The Balaban J connectivity index is 1.87. The maximum Gasteiger partial charge on any atom is 0.335 e. The fraction of sp³-hybridized carbons (Fsp3) is 0.360. The summed E-state index contributed by atoms with van der Waals surface area (Å²) in [7, 11) is 4.33. The SMILES string of the molecule is COc1ccc(-c2coc3c(C)c(OC)cc(OC4OC(C(=O)O)C(O)C(O)C4O)c3c2=O)cc1OC. The van der Waals surface area contributed by atoms with E-state index in [4.69, 9.17) is 28.1 Å². The molecule has 12 heteroatoms. The molecule has 0 spiro atoms. The van der Waals surface area contributed by atoms with E-state index < -0.39 is 42.1 Å². The van der Waals surface area contributed by atoms with Crippen molar-refractivity contribution in [1.82, 2.24) is 0 Å². The van der Waals surface area contributed by atoms with Crippen LogP contribution < -0.4 is 24.4 Å². The minimum atomic E-state index is -1.90. The van der Waals surface area contributed by atoms with Crippen LogP contribution in [0.15, 0.2) is 39.7 Å². The van der Waals surface area contributed by atoms with Crippen molar-refractivity contribution in [3.8, 4) is 34.1 Å². The second-order valence-corrected chi connectivity index (χ2v) is 8.31. The first-order valence-electron chi connectivity index (χ1n) is 11.1. The summed E-state index contributed by atoms with van der Waals surface area (Å²) in [5, 5.41) is 39.8. The van der Waals surface area contributed by atoms with Gasteiger partial charge in [-0.15, -0.1) is 0 Å². The van der Waals surface area contributed by atoms with Crippen LogP contribution in [0.5, 0.6) is 23.0 Å². The predicted octanol–water partition coefficient (Wildman–Crippen LogP) is 1.07. The number of aryl methyl sites for hydroxylation is 1. The Labute approximate surface area is 210 Å². The first-order chi connectivity index (χ1) is 17.6. The Hall–Kier alpha value is -3.84. The smallest absolute Gasteiger partial charge is 0.335 e. The van der Waals surface area contributed by atoms with Gasteiger partial charge in [-0.2, -0.15) is 0 Å². The zero-order valence-corrected chi connectivity index (χ0v) is 20.3. The summed E-state index contributed by atoms with van der Waals surface area (Å²) in [6, 6.07) is 6.21. The number of rotatable bonds is 7. The summed E-state index contributed by atoms with van der Waals surface area (Å²) >= 11 is 0. The average molecular weight is 518 g/mol. The highest BCUT2D eigenvalue weighted by Gasteiger charge is 2.48. The van der Waals surface area contributed by atoms with Crippen molar-refractivity contribution >= 4 is 16.9 Å². The number of aliphatic hydroxyl groups is 3. The van der Waals surface area contributed by atoms with Crippen LogP contribution in [0.4, 0.5) is 0 Å². The number of aliphatic carboxylic acids is 1. The molecular weight excluding hydrogens is 492 g/mol. The third-order valence-electron chi connectivity index (χ3n) is 6.18. The summed E-state index contributed by atoms with van der Waals surface area (Å²) in [5.41, 5.74) is 0.668. The maximum atomic E-state index is 13.7. The van der Waals surface area contributed by atoms with Gasteiger partial charge in [0.15, 0.2) is 17.6 Å². The number of carboxylic acid groups (broad SMARTS) is 1. The lowest BCUT2D eigenvalue weighted by Crippen LogP contribution is -2.61. The highest BCUT2D eigenvalue weighted by Crippen LogP contribution is 2.38. The Morgan fingerprint density at radius 2 is 1.57 bits per heavy atom. The number of methoxy groups -OCH3 is 3. The number of carbonyl (C=O) groups is 1. The summed E-state index contributed by atoms with van der Waals surface area (Å²) in [5.74, 6) is -0.629. The Bertz CT molecular complexity index is 1380. The van der Waals surface area contributed by atoms with Crippen LogP contribution in [0.2, 0.25) is 0 Å². The fourth-order valence-corrected chi connectivity index (χ4v) is 4.16. The highest BCUT2D eigenvalue weighted by molar-refractivity contribution is 5.91. The molecule has 1 saturated heterocycles. The molecule has 4 rings (SSSR count). The molecule has 5 atom stereocenters. The van der Waals surface area contributed by atoms with E-state index in [1.165, 1.54) is 33.7 Å². The average Bonchev–Trinajstić information content (AvgIpc) is 2.89. The van der Waals surface area contributed by atoms with Crippen LogP contribution >= 0.6 is 0 Å². The molecule has 0 bridgehead atoms. The number of ether oxygens (including phenoxy) is 5. The molecule has 5 unspecified atom stereocenters. The molecule has 1 aromatic heterocycles. The Morgan fingerprint density at radius 3 is 2.19 bits per heavy atom. The van der Waals surface area contributed by atoms with Gasteiger partial charge in [0.05, 0.1) is 26.9 Å². The molecule has 0 radical (unpaired) electrons. The molecule has 2 heterocycles. The van der Waals surface area contributed by atoms with Gasteiger partial charge in [0.1, 0.15) is 47.0 Å². The van der Waals surface area contributed by atoms with Gasteiger partial charge in [0, 0.05) is 11.6 Å². The zero-order valence-electron chi connectivity index (χ0n) is 20.3. The van der Waals surface area contributed by atoms with E-state index in [-0.39, 0.29) is 28.0 Å². The van der Waals surface area contributed by atoms with Gasteiger partial charge < -0.3 is 48.5 Å². The quantitative estimate of drug-likeness (QED) is 0.351. The number of fused-ring (bicyclic) bond motifs is 1. The van der Waals surface area contributed by atoms with Crippen molar-refractivity contribution in [1.29, 1.82) is 0 Å². The third kappa shape index (κ3) is 4.55. The van der Waals surface area contributed by atoms with Gasteiger partial charge in [-0.3, -0.25) is 4.79 Å². The molecule has 4 N–H and O–H groups in total. The van der Waals surface area contributed by atoms with Crippen molar-refractivity contribution in [3.63, 3.8) is 0 Å². The number of carboxylic acids is 1. The second kappa shape index (κ2) is 10.3. The molecule has 198 valence electrons. The number of aliphatic hydroxyl groups excluding tert-OH is 3. The molecule has 37 heavy (non-hydrogen) atoms. The van der Waals surface area contributed by atoms with Crippen LogP contribution in [-0.4, -0.2) is 78.4 Å². The van der Waals surface area contributed by atoms with E-state index in [9.17, 15) is 30.0 Å². The number of benzene rings is 2. The Morgan fingerprint density at radius 1 is 0.892 bits per heavy atom. The van der Waals surface area contributed by atoms with E-state index in [1.807, 2.05) is 0 Å². The minimum Gasteiger partial charge on any atom is -0.496 e. The van der Waals surface area contributed by atoms with Gasteiger partial charge in [-0.25, -0.2) is 4.79 Å². The second-order valence-electron chi connectivity index (χ2n) is 8.31. The van der Waals surface area contributed by atoms with Gasteiger partial charge in [-0.05, 0) is 24.6 Å². The molecule has 12 nitrogen and oxygen atoms in total. The van der Waals surface area contributed by atoms with Crippen LogP contribution in [0.25, 0.3) is 22.1 Å². The van der Waals surface area contributed by atoms with Gasteiger partial charge in [0.25, 0.3) is 0 Å². The molecular formula is C25H26O12. The standard InChI is InChI=1S/C25H26O12/c1-10-14(33-3)8-16(36-25-21(29)19(27)20(28)23(37-25)24(30)31)17-18(26)12(9-35-22(10)17)11-5-6-13(32-2)15(7-11)34-4/h5-9,19-21,23,25,27-29H,1-4H3,(H,30,31). The number of hydrogen-bond acceptors (Lipinski definition) is 11. The number of hydrogen-bond donors (Lipinski definition) is 4.